The molecule has 0 spiro atoms. The summed E-state index contributed by atoms with van der Waals surface area (Å²) in [5.41, 5.74) is 6.65. The van der Waals surface area contributed by atoms with Gasteiger partial charge in [0.05, 0.1) is 24.3 Å². The summed E-state index contributed by atoms with van der Waals surface area (Å²) in [5.74, 6) is 1.44. The Bertz CT molecular complexity index is 419. The largest absolute Gasteiger partial charge is 0.493 e. The van der Waals surface area contributed by atoms with Crippen LogP contribution in [0.3, 0.4) is 0 Å². The van der Waals surface area contributed by atoms with Gasteiger partial charge in [-0.25, -0.2) is 0 Å². The summed E-state index contributed by atoms with van der Waals surface area (Å²) in [6.07, 6.45) is 3.54. The van der Waals surface area contributed by atoms with E-state index in [-0.39, 0.29) is 0 Å². The minimum absolute atomic E-state index is 0.341. The smallest absolute Gasteiger partial charge is 0.175 e. The molecule has 1 aromatic carbocycles. The van der Waals surface area contributed by atoms with Crippen molar-refractivity contribution in [2.24, 2.45) is 5.73 Å². The van der Waals surface area contributed by atoms with Crippen molar-refractivity contribution >= 4 is 15.9 Å². The van der Waals surface area contributed by atoms with Gasteiger partial charge in [0.1, 0.15) is 0 Å². The fourth-order valence-corrected chi connectivity index (χ4v) is 2.80. The van der Waals surface area contributed by atoms with Gasteiger partial charge in [0.15, 0.2) is 11.5 Å². The predicted molar refractivity (Wildman–Crippen MR) is 77.7 cm³/mol. The summed E-state index contributed by atoms with van der Waals surface area (Å²) in [5, 5.41) is 0. The second-order valence-corrected chi connectivity index (χ2v) is 5.44. The minimum atomic E-state index is 0.341. The average molecular weight is 330 g/mol. The number of methoxy groups -OCH3 is 1. The molecule has 1 aromatic rings. The molecule has 106 valence electrons. The van der Waals surface area contributed by atoms with E-state index >= 15 is 0 Å². The van der Waals surface area contributed by atoms with Crippen LogP contribution in [0.4, 0.5) is 0 Å². The number of halogens is 1. The molecule has 1 unspecified atom stereocenters. The molecule has 0 aliphatic carbocycles. The molecule has 1 aliphatic rings. The summed E-state index contributed by atoms with van der Waals surface area (Å²) in [6.45, 7) is 1.98. The van der Waals surface area contributed by atoms with Crippen LogP contribution < -0.4 is 15.2 Å². The molecule has 2 rings (SSSR count). The minimum Gasteiger partial charge on any atom is -0.493 e. The molecule has 1 fully saturated rings. The third-order valence-corrected chi connectivity index (χ3v) is 3.82. The maximum atomic E-state index is 5.83. The third kappa shape index (κ3) is 3.84. The highest BCUT2D eigenvalue weighted by Crippen LogP contribution is 2.36. The molecule has 0 bridgehead atoms. The van der Waals surface area contributed by atoms with E-state index in [0.29, 0.717) is 25.0 Å². The number of ether oxygens (including phenoxy) is 3. The summed E-state index contributed by atoms with van der Waals surface area (Å²) in [4.78, 5) is 0. The Labute approximate surface area is 122 Å². The number of hydrogen-bond donors (Lipinski definition) is 1. The van der Waals surface area contributed by atoms with Crippen LogP contribution in [-0.4, -0.2) is 26.4 Å². The van der Waals surface area contributed by atoms with Crippen molar-refractivity contribution in [3.05, 3.63) is 22.2 Å². The number of nitrogens with two attached hydrogens (primary N) is 1. The molecule has 1 saturated heterocycles. The van der Waals surface area contributed by atoms with Gasteiger partial charge in [0, 0.05) is 19.6 Å². The Kier molecular flexibility index (Phi) is 5.48. The highest BCUT2D eigenvalue weighted by Gasteiger charge is 2.16. The lowest BCUT2D eigenvalue weighted by Crippen LogP contribution is -2.11. The van der Waals surface area contributed by atoms with E-state index in [1.54, 1.807) is 7.11 Å². The van der Waals surface area contributed by atoms with Crippen LogP contribution in [-0.2, 0) is 11.3 Å². The van der Waals surface area contributed by atoms with Crippen LogP contribution in [0.2, 0.25) is 0 Å². The van der Waals surface area contributed by atoms with Crippen molar-refractivity contribution in [3.8, 4) is 11.5 Å². The van der Waals surface area contributed by atoms with Crippen molar-refractivity contribution in [3.63, 3.8) is 0 Å². The van der Waals surface area contributed by atoms with Crippen molar-refractivity contribution in [2.75, 3.05) is 20.3 Å². The van der Waals surface area contributed by atoms with Crippen LogP contribution in [0.5, 0.6) is 11.5 Å². The highest BCUT2D eigenvalue weighted by atomic mass is 79.9. The SMILES string of the molecule is COc1cc(CN)cc(Br)c1OCCC1CCCO1. The fraction of sp³-hybridized carbons (Fsp3) is 0.571. The molecule has 1 aliphatic heterocycles. The number of rotatable bonds is 6. The van der Waals surface area contributed by atoms with Crippen molar-refractivity contribution in [2.45, 2.75) is 31.9 Å². The maximum Gasteiger partial charge on any atom is 0.175 e. The van der Waals surface area contributed by atoms with Crippen LogP contribution in [0, 0.1) is 0 Å². The van der Waals surface area contributed by atoms with E-state index in [1.165, 1.54) is 0 Å². The third-order valence-electron chi connectivity index (χ3n) is 3.24. The van der Waals surface area contributed by atoms with Gasteiger partial charge < -0.3 is 19.9 Å². The van der Waals surface area contributed by atoms with E-state index in [4.69, 9.17) is 19.9 Å². The summed E-state index contributed by atoms with van der Waals surface area (Å²) in [6, 6.07) is 3.87. The molecule has 1 heterocycles. The van der Waals surface area contributed by atoms with Gasteiger partial charge >= 0.3 is 0 Å². The van der Waals surface area contributed by atoms with Gasteiger partial charge in [-0.15, -0.1) is 0 Å². The Morgan fingerprint density at radius 3 is 2.95 bits per heavy atom. The standard InChI is InChI=1S/C14H20BrNO3/c1-17-13-8-10(9-16)7-12(15)14(13)19-6-4-11-3-2-5-18-11/h7-8,11H,2-6,9,16H2,1H3. The first-order valence-electron chi connectivity index (χ1n) is 6.55. The lowest BCUT2D eigenvalue weighted by Gasteiger charge is -2.15. The fourth-order valence-electron chi connectivity index (χ4n) is 2.20. The van der Waals surface area contributed by atoms with Crippen LogP contribution in [0.15, 0.2) is 16.6 Å². The maximum absolute atomic E-state index is 5.83. The Morgan fingerprint density at radius 1 is 1.47 bits per heavy atom. The Balaban J connectivity index is 1.98. The lowest BCUT2D eigenvalue weighted by atomic mass is 10.2. The quantitative estimate of drug-likeness (QED) is 0.871. The van der Waals surface area contributed by atoms with Crippen LogP contribution in [0.25, 0.3) is 0 Å². The topological polar surface area (TPSA) is 53.7 Å². The molecule has 0 radical (unpaired) electrons. The van der Waals surface area contributed by atoms with Crippen molar-refractivity contribution in [1.82, 2.24) is 0 Å². The molecular formula is C14H20BrNO3. The molecule has 0 aromatic heterocycles. The van der Waals surface area contributed by atoms with E-state index in [2.05, 4.69) is 15.9 Å². The van der Waals surface area contributed by atoms with E-state index < -0.39 is 0 Å². The second kappa shape index (κ2) is 7.12. The molecule has 19 heavy (non-hydrogen) atoms. The monoisotopic (exact) mass is 329 g/mol. The lowest BCUT2D eigenvalue weighted by molar-refractivity contribution is 0.0897. The summed E-state index contributed by atoms with van der Waals surface area (Å²) < 4.78 is 17.6. The number of benzene rings is 1. The summed E-state index contributed by atoms with van der Waals surface area (Å²) in [7, 11) is 1.63. The van der Waals surface area contributed by atoms with Gasteiger partial charge in [0.25, 0.3) is 0 Å². The zero-order valence-corrected chi connectivity index (χ0v) is 12.7. The molecular weight excluding hydrogens is 310 g/mol. The second-order valence-electron chi connectivity index (χ2n) is 4.59. The van der Waals surface area contributed by atoms with E-state index in [9.17, 15) is 0 Å². The summed E-state index contributed by atoms with van der Waals surface area (Å²) >= 11 is 3.50. The first-order chi connectivity index (χ1) is 9.24. The Hall–Kier alpha value is -0.780. The first-order valence-corrected chi connectivity index (χ1v) is 7.34. The first kappa shape index (κ1) is 14.6. The van der Waals surface area contributed by atoms with Crippen LogP contribution in [0.1, 0.15) is 24.8 Å². The van der Waals surface area contributed by atoms with Crippen molar-refractivity contribution < 1.29 is 14.2 Å². The van der Waals surface area contributed by atoms with Crippen molar-refractivity contribution in [1.29, 1.82) is 0 Å². The molecule has 4 nitrogen and oxygen atoms in total. The Morgan fingerprint density at radius 2 is 2.32 bits per heavy atom. The van der Waals surface area contributed by atoms with Gasteiger partial charge in [-0.2, -0.15) is 0 Å². The zero-order valence-electron chi connectivity index (χ0n) is 11.2. The predicted octanol–water partition coefficient (Wildman–Crippen LogP) is 2.86. The van der Waals surface area contributed by atoms with Crippen LogP contribution >= 0.6 is 15.9 Å². The van der Waals surface area contributed by atoms with Gasteiger partial charge in [-0.05, 0) is 46.5 Å². The molecule has 1 atom stereocenters. The molecule has 5 heteroatoms. The molecule has 0 saturated carbocycles. The molecule has 2 N–H and O–H groups in total. The van der Waals surface area contributed by atoms with Gasteiger partial charge in [-0.3, -0.25) is 0 Å². The zero-order chi connectivity index (χ0) is 13.7. The van der Waals surface area contributed by atoms with E-state index in [0.717, 1.165) is 41.7 Å². The van der Waals surface area contributed by atoms with E-state index in [1.807, 2.05) is 12.1 Å². The van der Waals surface area contributed by atoms with Gasteiger partial charge in [0.2, 0.25) is 0 Å². The van der Waals surface area contributed by atoms with Gasteiger partial charge in [-0.1, -0.05) is 0 Å². The highest BCUT2D eigenvalue weighted by molar-refractivity contribution is 9.10. The number of hydrogen-bond acceptors (Lipinski definition) is 4. The molecule has 0 amide bonds. The normalized spacial score (nSPS) is 18.6. The average Bonchev–Trinajstić information content (AvgIpc) is 2.93.